The number of anilines is 1. The molecule has 7 heteroatoms. The maximum absolute atomic E-state index is 12.6. The van der Waals surface area contributed by atoms with Crippen LogP contribution in [-0.4, -0.2) is 36.2 Å². The minimum atomic E-state index is -0.265. The highest BCUT2D eigenvalue weighted by Gasteiger charge is 2.19. The van der Waals surface area contributed by atoms with Crippen molar-refractivity contribution in [3.63, 3.8) is 0 Å². The predicted molar refractivity (Wildman–Crippen MR) is 104 cm³/mol. The molecule has 0 aliphatic carbocycles. The van der Waals surface area contributed by atoms with Crippen LogP contribution in [0.4, 0.5) is 5.69 Å². The van der Waals surface area contributed by atoms with E-state index in [0.29, 0.717) is 29.1 Å². The predicted octanol–water partition coefficient (Wildman–Crippen LogP) is 2.92. The molecule has 4 rings (SSSR count). The molecule has 2 aromatic carbocycles. The lowest BCUT2D eigenvalue weighted by Crippen LogP contribution is -2.32. The number of nitrogens with one attached hydrogen (secondary N) is 2. The average molecular weight is 379 g/mol. The van der Waals surface area contributed by atoms with E-state index in [1.165, 1.54) is 0 Å². The van der Waals surface area contributed by atoms with Crippen LogP contribution < -0.4 is 10.6 Å². The van der Waals surface area contributed by atoms with E-state index in [4.69, 9.17) is 9.26 Å². The van der Waals surface area contributed by atoms with Crippen molar-refractivity contribution in [3.8, 4) is 0 Å². The number of para-hydroxylation sites is 2. The maximum atomic E-state index is 12.6. The van der Waals surface area contributed by atoms with Gasteiger partial charge in [0.25, 0.3) is 5.91 Å². The molecule has 0 unspecified atom stereocenters. The molecule has 1 fully saturated rings. The lowest BCUT2D eigenvalue weighted by molar-refractivity contribution is -0.115. The SMILES string of the molecule is O=C(Cc1noc2ccccc12)Nc1ccccc1C(=O)NC[C@@H]1CCCO1. The fourth-order valence-electron chi connectivity index (χ4n) is 3.31. The molecule has 0 spiro atoms. The molecule has 1 saturated heterocycles. The highest BCUT2D eigenvalue weighted by Crippen LogP contribution is 2.20. The second-order valence-electron chi connectivity index (χ2n) is 6.74. The first-order valence-corrected chi connectivity index (χ1v) is 9.32. The molecule has 3 aromatic rings. The molecular weight excluding hydrogens is 358 g/mol. The topological polar surface area (TPSA) is 93.5 Å². The second kappa shape index (κ2) is 8.22. The Bertz CT molecular complexity index is 992. The van der Waals surface area contributed by atoms with Crippen LogP contribution in [0.2, 0.25) is 0 Å². The van der Waals surface area contributed by atoms with Crippen molar-refractivity contribution in [1.29, 1.82) is 0 Å². The van der Waals surface area contributed by atoms with Gasteiger partial charge in [0, 0.05) is 18.5 Å². The molecule has 2 N–H and O–H groups in total. The van der Waals surface area contributed by atoms with Gasteiger partial charge in [-0.2, -0.15) is 0 Å². The van der Waals surface area contributed by atoms with Gasteiger partial charge >= 0.3 is 0 Å². The first-order chi connectivity index (χ1) is 13.7. The van der Waals surface area contributed by atoms with Crippen molar-refractivity contribution in [2.75, 3.05) is 18.5 Å². The van der Waals surface area contributed by atoms with Crippen LogP contribution in [0.5, 0.6) is 0 Å². The number of rotatable bonds is 6. The quantitative estimate of drug-likeness (QED) is 0.687. The van der Waals surface area contributed by atoms with Crippen LogP contribution in [-0.2, 0) is 16.0 Å². The molecule has 7 nitrogen and oxygen atoms in total. The summed E-state index contributed by atoms with van der Waals surface area (Å²) in [6.07, 6.45) is 2.09. The number of fused-ring (bicyclic) bond motifs is 1. The van der Waals surface area contributed by atoms with Gasteiger partial charge in [0.15, 0.2) is 5.58 Å². The molecule has 0 saturated carbocycles. The second-order valence-corrected chi connectivity index (χ2v) is 6.74. The molecule has 1 atom stereocenters. The fraction of sp³-hybridized carbons (Fsp3) is 0.286. The van der Waals surface area contributed by atoms with E-state index in [9.17, 15) is 9.59 Å². The molecular formula is C21H21N3O4. The zero-order valence-electron chi connectivity index (χ0n) is 15.3. The number of aromatic nitrogens is 1. The van der Waals surface area contributed by atoms with Crippen LogP contribution >= 0.6 is 0 Å². The van der Waals surface area contributed by atoms with Crippen LogP contribution in [0.15, 0.2) is 53.1 Å². The standard InChI is InChI=1S/C21H21N3O4/c25-20(12-18-15-7-2-4-10-19(15)28-24-18)23-17-9-3-1-8-16(17)21(26)22-13-14-6-5-11-27-14/h1-4,7-10,14H,5-6,11-13H2,(H,22,26)(H,23,25)/t14-/m0/s1. The lowest BCUT2D eigenvalue weighted by Gasteiger charge is -2.13. The van der Waals surface area contributed by atoms with E-state index in [1.54, 1.807) is 30.3 Å². The van der Waals surface area contributed by atoms with Gasteiger partial charge in [-0.3, -0.25) is 9.59 Å². The van der Waals surface area contributed by atoms with E-state index in [-0.39, 0.29) is 24.3 Å². The molecule has 1 aliphatic rings. The third-order valence-corrected chi connectivity index (χ3v) is 4.74. The van der Waals surface area contributed by atoms with Crippen LogP contribution in [0.1, 0.15) is 28.9 Å². The number of benzene rings is 2. The van der Waals surface area contributed by atoms with E-state index in [1.807, 2.05) is 18.2 Å². The summed E-state index contributed by atoms with van der Waals surface area (Å²) in [7, 11) is 0. The first kappa shape index (κ1) is 18.2. The van der Waals surface area contributed by atoms with Crippen molar-refractivity contribution in [2.45, 2.75) is 25.4 Å². The van der Waals surface area contributed by atoms with Gasteiger partial charge < -0.3 is 19.9 Å². The zero-order valence-corrected chi connectivity index (χ0v) is 15.3. The molecule has 1 aromatic heterocycles. The number of ether oxygens (including phenoxy) is 1. The van der Waals surface area contributed by atoms with Crippen molar-refractivity contribution < 1.29 is 18.8 Å². The van der Waals surface area contributed by atoms with Gasteiger partial charge in [-0.1, -0.05) is 29.4 Å². The van der Waals surface area contributed by atoms with Crippen molar-refractivity contribution >= 4 is 28.5 Å². The number of carbonyl (C=O) groups excluding carboxylic acids is 2. The van der Waals surface area contributed by atoms with Gasteiger partial charge in [-0.25, -0.2) is 0 Å². The Hall–Kier alpha value is -3.19. The molecule has 2 amide bonds. The monoisotopic (exact) mass is 379 g/mol. The van der Waals surface area contributed by atoms with Crippen LogP contribution in [0, 0.1) is 0 Å². The maximum Gasteiger partial charge on any atom is 0.253 e. The normalized spacial score (nSPS) is 16.2. The average Bonchev–Trinajstić information content (AvgIpc) is 3.37. The highest BCUT2D eigenvalue weighted by molar-refractivity contribution is 6.04. The third kappa shape index (κ3) is 4.04. The summed E-state index contributed by atoms with van der Waals surface area (Å²) in [6, 6.07) is 14.3. The minimum Gasteiger partial charge on any atom is -0.376 e. The smallest absolute Gasteiger partial charge is 0.253 e. The van der Waals surface area contributed by atoms with E-state index >= 15 is 0 Å². The van der Waals surface area contributed by atoms with Crippen molar-refractivity contribution in [3.05, 3.63) is 59.8 Å². The van der Waals surface area contributed by atoms with Gasteiger partial charge in [-0.05, 0) is 37.1 Å². The Morgan fingerprint density at radius 1 is 1.11 bits per heavy atom. The Kier molecular flexibility index (Phi) is 5.34. The summed E-state index contributed by atoms with van der Waals surface area (Å²) in [4.78, 5) is 25.1. The summed E-state index contributed by atoms with van der Waals surface area (Å²) >= 11 is 0. The van der Waals surface area contributed by atoms with Gasteiger partial charge in [0.1, 0.15) is 5.69 Å². The van der Waals surface area contributed by atoms with Crippen LogP contribution in [0.3, 0.4) is 0 Å². The fourth-order valence-corrected chi connectivity index (χ4v) is 3.31. The lowest BCUT2D eigenvalue weighted by atomic mass is 10.1. The molecule has 2 heterocycles. The Labute approximate surface area is 162 Å². The Morgan fingerprint density at radius 3 is 2.79 bits per heavy atom. The summed E-state index contributed by atoms with van der Waals surface area (Å²) in [5, 5.41) is 10.5. The zero-order chi connectivity index (χ0) is 19.3. The van der Waals surface area contributed by atoms with E-state index < -0.39 is 0 Å². The molecule has 28 heavy (non-hydrogen) atoms. The summed E-state index contributed by atoms with van der Waals surface area (Å²) in [5.74, 6) is -0.503. The highest BCUT2D eigenvalue weighted by atomic mass is 16.5. The van der Waals surface area contributed by atoms with Gasteiger partial charge in [-0.15, -0.1) is 0 Å². The van der Waals surface area contributed by atoms with Crippen molar-refractivity contribution in [2.24, 2.45) is 0 Å². The number of hydrogen-bond acceptors (Lipinski definition) is 5. The Morgan fingerprint density at radius 2 is 1.93 bits per heavy atom. The minimum absolute atomic E-state index is 0.0584. The first-order valence-electron chi connectivity index (χ1n) is 9.32. The number of hydrogen-bond donors (Lipinski definition) is 2. The third-order valence-electron chi connectivity index (χ3n) is 4.74. The Balaban J connectivity index is 1.42. The molecule has 144 valence electrons. The van der Waals surface area contributed by atoms with Gasteiger partial charge in [0.05, 0.1) is 23.8 Å². The van der Waals surface area contributed by atoms with E-state index in [0.717, 1.165) is 24.8 Å². The largest absolute Gasteiger partial charge is 0.376 e. The van der Waals surface area contributed by atoms with Gasteiger partial charge in [0.2, 0.25) is 5.91 Å². The number of carbonyl (C=O) groups is 2. The summed E-state index contributed by atoms with van der Waals surface area (Å²) in [6.45, 7) is 1.20. The molecule has 0 bridgehead atoms. The number of amides is 2. The van der Waals surface area contributed by atoms with E-state index in [2.05, 4.69) is 15.8 Å². The van der Waals surface area contributed by atoms with Crippen LogP contribution in [0.25, 0.3) is 11.0 Å². The van der Waals surface area contributed by atoms with Crippen molar-refractivity contribution in [1.82, 2.24) is 10.5 Å². The summed E-state index contributed by atoms with van der Waals surface area (Å²) < 4.78 is 10.8. The summed E-state index contributed by atoms with van der Waals surface area (Å²) in [5.41, 5.74) is 2.08. The molecule has 0 radical (unpaired) electrons. The molecule has 1 aliphatic heterocycles. The number of nitrogens with zero attached hydrogens (tertiary/aromatic N) is 1.